The van der Waals surface area contributed by atoms with Gasteiger partial charge in [-0.15, -0.1) is 0 Å². The number of benzene rings is 5. The minimum Gasteiger partial charge on any atom is -0.453 e. The Morgan fingerprint density at radius 1 is 0.578 bits per heavy atom. The van der Waals surface area contributed by atoms with Gasteiger partial charge < -0.3 is 18.1 Å². The minimum absolute atomic E-state index is 0.862. The Hall–Kier alpha value is -5.81. The monoisotopic (exact) mass is 580 g/mol. The average molecular weight is 581 g/mol. The second kappa shape index (κ2) is 9.34. The summed E-state index contributed by atoms with van der Waals surface area (Å²) in [4.78, 5) is 4.68. The summed E-state index contributed by atoms with van der Waals surface area (Å²) in [6.07, 6.45) is 5.95. The number of nitrogens with zero attached hydrogens (tertiary/aromatic N) is 4. The second-order valence-corrected chi connectivity index (χ2v) is 12.0. The number of hydrogen-bond donors (Lipinski definition) is 0. The third-order valence-corrected chi connectivity index (χ3v) is 9.44. The van der Waals surface area contributed by atoms with Crippen LogP contribution < -0.4 is 0 Å². The first-order chi connectivity index (χ1) is 22.3. The fourth-order valence-corrected chi connectivity index (χ4v) is 7.48. The molecule has 45 heavy (non-hydrogen) atoms. The van der Waals surface area contributed by atoms with Crippen molar-refractivity contribution in [2.45, 2.75) is 19.4 Å². The number of rotatable bonds is 3. The van der Waals surface area contributed by atoms with Crippen molar-refractivity contribution in [3.8, 4) is 34.3 Å². The molecule has 0 spiro atoms. The van der Waals surface area contributed by atoms with Crippen molar-refractivity contribution in [1.82, 2.24) is 18.7 Å². The molecule has 0 amide bonds. The van der Waals surface area contributed by atoms with E-state index in [1.807, 2.05) is 6.20 Å². The molecule has 5 nitrogen and oxygen atoms in total. The molecule has 10 rings (SSSR count). The summed E-state index contributed by atoms with van der Waals surface area (Å²) in [5, 5.41) is 4.98. The van der Waals surface area contributed by atoms with Crippen molar-refractivity contribution in [2.24, 2.45) is 0 Å². The summed E-state index contributed by atoms with van der Waals surface area (Å²) < 4.78 is 13.7. The van der Waals surface area contributed by atoms with Crippen LogP contribution >= 0.6 is 0 Å². The first-order valence-electron chi connectivity index (χ1n) is 15.6. The highest BCUT2D eigenvalue weighted by atomic mass is 16.3. The Morgan fingerprint density at radius 2 is 1.09 bits per heavy atom. The van der Waals surface area contributed by atoms with Gasteiger partial charge in [-0.1, -0.05) is 72.8 Å². The number of furan rings is 1. The molecule has 0 saturated heterocycles. The van der Waals surface area contributed by atoms with Crippen LogP contribution in [0, 0.1) is 0 Å². The number of para-hydroxylation sites is 4. The Balaban J connectivity index is 1.30. The molecule has 0 aliphatic carbocycles. The van der Waals surface area contributed by atoms with Crippen molar-refractivity contribution < 1.29 is 4.42 Å². The smallest absolute Gasteiger partial charge is 0.176 e. The Kier molecular flexibility index (Phi) is 5.11. The molecule has 0 bridgehead atoms. The van der Waals surface area contributed by atoms with E-state index in [1.165, 1.54) is 49.2 Å². The maximum Gasteiger partial charge on any atom is 0.176 e. The predicted molar refractivity (Wildman–Crippen MR) is 182 cm³/mol. The molecular weight excluding hydrogens is 552 g/mol. The van der Waals surface area contributed by atoms with Gasteiger partial charge in [0.15, 0.2) is 11.6 Å². The van der Waals surface area contributed by atoms with E-state index in [1.54, 1.807) is 0 Å². The van der Waals surface area contributed by atoms with Crippen LogP contribution in [0.4, 0.5) is 0 Å². The van der Waals surface area contributed by atoms with Crippen LogP contribution in [-0.2, 0) is 13.0 Å². The van der Waals surface area contributed by atoms with E-state index < -0.39 is 0 Å². The quantitative estimate of drug-likeness (QED) is 0.209. The normalized spacial score (nSPS) is 13.1. The molecule has 0 unspecified atom stereocenters. The van der Waals surface area contributed by atoms with Crippen molar-refractivity contribution in [1.29, 1.82) is 0 Å². The van der Waals surface area contributed by atoms with Crippen molar-refractivity contribution in [3.63, 3.8) is 0 Å². The maximum atomic E-state index is 6.75. The molecule has 0 atom stereocenters. The standard InChI is InChI=1S/C40H28N4O/c1-5-15-34-30(11-1)31-12-2-6-16-35(31)43(34)28-22-27(38-24-26-10-9-20-42-21-19-41-40(42)39(26)45-38)23-29(25-28)44-36-17-7-3-13-32(36)33-14-4-8-18-37(33)44/h1-8,11-19,21-25H,9-10,20H2. The third-order valence-electron chi connectivity index (χ3n) is 9.44. The molecular formula is C40H28N4O. The summed E-state index contributed by atoms with van der Waals surface area (Å²) in [5.41, 5.74) is 9.17. The molecule has 0 saturated carbocycles. The highest BCUT2D eigenvalue weighted by Gasteiger charge is 2.23. The highest BCUT2D eigenvalue weighted by Crippen LogP contribution is 2.40. The first-order valence-corrected chi connectivity index (χ1v) is 15.6. The Bertz CT molecular complexity index is 2350. The molecule has 5 heteroatoms. The van der Waals surface area contributed by atoms with Crippen molar-refractivity contribution >= 4 is 43.6 Å². The molecule has 0 fully saturated rings. The zero-order valence-electron chi connectivity index (χ0n) is 24.5. The molecule has 1 aliphatic rings. The number of hydrogen-bond acceptors (Lipinski definition) is 2. The van der Waals surface area contributed by atoms with Gasteiger partial charge >= 0.3 is 0 Å². The lowest BCUT2D eigenvalue weighted by Crippen LogP contribution is -2.00. The van der Waals surface area contributed by atoms with Crippen LogP contribution in [0.1, 0.15) is 12.0 Å². The van der Waals surface area contributed by atoms with Crippen LogP contribution in [0.5, 0.6) is 0 Å². The lowest BCUT2D eigenvalue weighted by atomic mass is 10.1. The van der Waals surface area contributed by atoms with Crippen molar-refractivity contribution in [3.05, 3.63) is 139 Å². The van der Waals surface area contributed by atoms with E-state index in [2.05, 4.69) is 146 Å². The molecule has 5 aromatic carbocycles. The summed E-state index contributed by atoms with van der Waals surface area (Å²) >= 11 is 0. The molecule has 214 valence electrons. The predicted octanol–water partition coefficient (Wildman–Crippen LogP) is 9.95. The molecule has 1 aliphatic heterocycles. The third kappa shape index (κ3) is 3.58. The van der Waals surface area contributed by atoms with Crippen LogP contribution in [0.3, 0.4) is 0 Å². The van der Waals surface area contributed by atoms with E-state index in [4.69, 9.17) is 4.42 Å². The zero-order chi connectivity index (χ0) is 29.5. The molecule has 0 radical (unpaired) electrons. The van der Waals surface area contributed by atoms with Crippen LogP contribution in [0.2, 0.25) is 0 Å². The second-order valence-electron chi connectivity index (χ2n) is 12.0. The van der Waals surface area contributed by atoms with Gasteiger partial charge in [-0.25, -0.2) is 4.98 Å². The number of imidazole rings is 1. The lowest BCUT2D eigenvalue weighted by molar-refractivity contribution is 0.585. The largest absolute Gasteiger partial charge is 0.453 e. The van der Waals surface area contributed by atoms with Gasteiger partial charge in [0.05, 0.1) is 22.1 Å². The van der Waals surface area contributed by atoms with Gasteiger partial charge in [-0.3, -0.25) is 0 Å². The Morgan fingerprint density at radius 3 is 1.62 bits per heavy atom. The molecule has 0 N–H and O–H groups in total. The number of aryl methyl sites for hydroxylation is 2. The van der Waals surface area contributed by atoms with E-state index in [9.17, 15) is 0 Å². The van der Waals surface area contributed by atoms with Crippen molar-refractivity contribution in [2.75, 3.05) is 0 Å². The molecule has 4 aromatic heterocycles. The minimum atomic E-state index is 0.862. The van der Waals surface area contributed by atoms with Gasteiger partial charge in [0.2, 0.25) is 0 Å². The Labute approximate surface area is 259 Å². The number of fused-ring (bicyclic) bond motifs is 9. The van der Waals surface area contributed by atoms with E-state index in [0.717, 1.165) is 53.7 Å². The van der Waals surface area contributed by atoms with Gasteiger partial charge in [0.25, 0.3) is 0 Å². The lowest BCUT2D eigenvalue weighted by Gasteiger charge is -2.15. The zero-order valence-corrected chi connectivity index (χ0v) is 24.5. The maximum absolute atomic E-state index is 6.75. The van der Waals surface area contributed by atoms with Crippen LogP contribution in [0.15, 0.2) is 138 Å². The average Bonchev–Trinajstić information content (AvgIpc) is 3.85. The summed E-state index contributed by atoms with van der Waals surface area (Å²) in [6, 6.07) is 43.9. The van der Waals surface area contributed by atoms with E-state index >= 15 is 0 Å². The molecule has 9 aromatic rings. The fraction of sp³-hybridized carbons (Fsp3) is 0.0750. The van der Waals surface area contributed by atoms with Gasteiger partial charge in [0, 0.05) is 63.0 Å². The van der Waals surface area contributed by atoms with Crippen LogP contribution in [0.25, 0.3) is 77.9 Å². The summed E-state index contributed by atoms with van der Waals surface area (Å²) in [5.74, 6) is 2.66. The van der Waals surface area contributed by atoms with Gasteiger partial charge in [0.1, 0.15) is 5.76 Å². The van der Waals surface area contributed by atoms with Gasteiger partial charge in [-0.2, -0.15) is 0 Å². The molecule has 5 heterocycles. The first kappa shape index (κ1) is 24.6. The number of aromatic nitrogens is 4. The summed E-state index contributed by atoms with van der Waals surface area (Å²) in [7, 11) is 0. The van der Waals surface area contributed by atoms with Crippen LogP contribution in [-0.4, -0.2) is 18.7 Å². The van der Waals surface area contributed by atoms with E-state index in [0.29, 0.717) is 0 Å². The topological polar surface area (TPSA) is 40.8 Å². The fourth-order valence-electron chi connectivity index (χ4n) is 7.48. The van der Waals surface area contributed by atoms with E-state index in [-0.39, 0.29) is 0 Å². The SMILES string of the molecule is c1ccc2c(c1)c1ccccc1n2-c1cc(-c2cc3c(o2)-c2nccn2CCC3)cc(-n2c3ccccc3c3ccccc32)c1. The van der Waals surface area contributed by atoms with Gasteiger partial charge in [-0.05, 0) is 61.4 Å². The highest BCUT2D eigenvalue weighted by molar-refractivity contribution is 6.10. The summed E-state index contributed by atoms with van der Waals surface area (Å²) in [6.45, 7) is 0.954.